The van der Waals surface area contributed by atoms with E-state index >= 15 is 0 Å². The first-order chi connectivity index (χ1) is 9.74. The molecule has 2 fully saturated rings. The molecular weight excluding hydrogens is 252 g/mol. The van der Waals surface area contributed by atoms with Crippen LogP contribution in [0.2, 0.25) is 0 Å². The number of piperazine rings is 1. The van der Waals surface area contributed by atoms with E-state index in [4.69, 9.17) is 0 Å². The minimum Gasteiger partial charge on any atom is -0.315 e. The quantitative estimate of drug-likeness (QED) is 0.860. The summed E-state index contributed by atoms with van der Waals surface area (Å²) in [5, 5.41) is 11.8. The topological polar surface area (TPSA) is 49.2 Å². The molecule has 6 nitrogen and oxygen atoms in total. The fraction of sp³-hybridized carbons (Fsp3) is 0.857. The summed E-state index contributed by atoms with van der Waals surface area (Å²) in [6, 6.07) is 1.20. The van der Waals surface area contributed by atoms with Gasteiger partial charge < -0.3 is 9.88 Å². The van der Waals surface area contributed by atoms with E-state index in [0.717, 1.165) is 31.5 Å². The van der Waals surface area contributed by atoms with Crippen LogP contribution in [-0.4, -0.2) is 69.9 Å². The number of hydrogen-bond donors (Lipinski definition) is 1. The Morgan fingerprint density at radius 3 is 2.75 bits per heavy atom. The third-order valence-corrected chi connectivity index (χ3v) is 4.53. The molecule has 1 aromatic heterocycles. The number of rotatable bonds is 4. The maximum Gasteiger partial charge on any atom is 0.147 e. The summed E-state index contributed by atoms with van der Waals surface area (Å²) in [5.74, 6) is 1.09. The number of nitrogens with one attached hydrogen (secondary N) is 1. The Kier molecular flexibility index (Phi) is 4.33. The van der Waals surface area contributed by atoms with Crippen molar-refractivity contribution in [3.05, 3.63) is 12.2 Å². The van der Waals surface area contributed by atoms with Crippen molar-refractivity contribution in [2.75, 3.05) is 39.3 Å². The van der Waals surface area contributed by atoms with Gasteiger partial charge in [0.1, 0.15) is 12.2 Å². The SMILES string of the molecule is CC(C)n1cnnc1CN1CCN(C2CCNC2)CC1. The van der Waals surface area contributed by atoms with Gasteiger partial charge in [-0.25, -0.2) is 0 Å². The Hall–Kier alpha value is -0.980. The summed E-state index contributed by atoms with van der Waals surface area (Å²) in [4.78, 5) is 5.14. The lowest BCUT2D eigenvalue weighted by atomic mass is 10.2. The highest BCUT2D eigenvalue weighted by atomic mass is 15.3. The van der Waals surface area contributed by atoms with Gasteiger partial charge in [-0.1, -0.05) is 0 Å². The van der Waals surface area contributed by atoms with Crippen LogP contribution in [0.1, 0.15) is 32.1 Å². The van der Waals surface area contributed by atoms with Crippen molar-refractivity contribution in [2.45, 2.75) is 38.9 Å². The Bertz CT molecular complexity index is 415. The summed E-state index contributed by atoms with van der Waals surface area (Å²) in [5.41, 5.74) is 0. The van der Waals surface area contributed by atoms with Gasteiger partial charge in [0, 0.05) is 44.8 Å². The number of hydrogen-bond acceptors (Lipinski definition) is 5. The fourth-order valence-electron chi connectivity index (χ4n) is 3.25. The van der Waals surface area contributed by atoms with Crippen LogP contribution in [0.3, 0.4) is 0 Å². The monoisotopic (exact) mass is 278 g/mol. The average Bonchev–Trinajstić information content (AvgIpc) is 3.10. The van der Waals surface area contributed by atoms with Gasteiger partial charge in [-0.2, -0.15) is 0 Å². The molecule has 0 aromatic carbocycles. The average molecular weight is 278 g/mol. The molecule has 3 heterocycles. The molecular formula is C14H26N6. The van der Waals surface area contributed by atoms with Crippen molar-refractivity contribution < 1.29 is 0 Å². The first-order valence-corrected chi connectivity index (χ1v) is 7.79. The van der Waals surface area contributed by atoms with Gasteiger partial charge in [0.05, 0.1) is 6.54 Å². The lowest BCUT2D eigenvalue weighted by Gasteiger charge is -2.37. The van der Waals surface area contributed by atoms with Gasteiger partial charge in [0.2, 0.25) is 0 Å². The molecule has 1 unspecified atom stereocenters. The fourth-order valence-corrected chi connectivity index (χ4v) is 3.25. The molecule has 6 heteroatoms. The predicted octanol–water partition coefficient (Wildman–Crippen LogP) is 0.339. The summed E-state index contributed by atoms with van der Waals surface area (Å²) in [6.07, 6.45) is 3.15. The molecule has 0 saturated carbocycles. The molecule has 0 amide bonds. The molecule has 3 rings (SSSR count). The molecule has 0 aliphatic carbocycles. The Labute approximate surface area is 121 Å². The van der Waals surface area contributed by atoms with Gasteiger partial charge in [-0.05, 0) is 26.8 Å². The molecule has 0 radical (unpaired) electrons. The van der Waals surface area contributed by atoms with E-state index in [1.54, 1.807) is 0 Å². The summed E-state index contributed by atoms with van der Waals surface area (Å²) in [7, 11) is 0. The lowest BCUT2D eigenvalue weighted by Crippen LogP contribution is -2.50. The van der Waals surface area contributed by atoms with Gasteiger partial charge in [0.25, 0.3) is 0 Å². The Morgan fingerprint density at radius 2 is 2.10 bits per heavy atom. The molecule has 0 bridgehead atoms. The van der Waals surface area contributed by atoms with Crippen molar-refractivity contribution in [2.24, 2.45) is 0 Å². The Morgan fingerprint density at radius 1 is 1.30 bits per heavy atom. The second-order valence-electron chi connectivity index (χ2n) is 6.21. The third-order valence-electron chi connectivity index (χ3n) is 4.53. The summed E-state index contributed by atoms with van der Waals surface area (Å²) >= 11 is 0. The minimum atomic E-state index is 0.436. The Balaban J connectivity index is 1.52. The molecule has 2 aliphatic heterocycles. The van der Waals surface area contributed by atoms with Crippen LogP contribution in [0.25, 0.3) is 0 Å². The highest BCUT2D eigenvalue weighted by molar-refractivity contribution is 4.90. The van der Waals surface area contributed by atoms with E-state index in [-0.39, 0.29) is 0 Å². The molecule has 1 N–H and O–H groups in total. The molecule has 0 spiro atoms. The van der Waals surface area contributed by atoms with E-state index in [2.05, 4.69) is 43.7 Å². The van der Waals surface area contributed by atoms with Gasteiger partial charge in [0.15, 0.2) is 0 Å². The normalized spacial score (nSPS) is 25.6. The first-order valence-electron chi connectivity index (χ1n) is 7.79. The van der Waals surface area contributed by atoms with Crippen LogP contribution < -0.4 is 5.32 Å². The van der Waals surface area contributed by atoms with Gasteiger partial charge in [-0.3, -0.25) is 9.80 Å². The zero-order valence-corrected chi connectivity index (χ0v) is 12.6. The van der Waals surface area contributed by atoms with Crippen LogP contribution in [0, 0.1) is 0 Å². The molecule has 2 saturated heterocycles. The van der Waals surface area contributed by atoms with Crippen LogP contribution >= 0.6 is 0 Å². The molecule has 1 aromatic rings. The van der Waals surface area contributed by atoms with Gasteiger partial charge >= 0.3 is 0 Å². The lowest BCUT2D eigenvalue weighted by molar-refractivity contribution is 0.0954. The van der Waals surface area contributed by atoms with Crippen molar-refractivity contribution in [1.82, 2.24) is 29.9 Å². The molecule has 112 valence electrons. The highest BCUT2D eigenvalue weighted by Gasteiger charge is 2.26. The van der Waals surface area contributed by atoms with Crippen molar-refractivity contribution in [3.63, 3.8) is 0 Å². The zero-order chi connectivity index (χ0) is 13.9. The van der Waals surface area contributed by atoms with Crippen LogP contribution in [-0.2, 0) is 6.54 Å². The maximum atomic E-state index is 4.28. The second kappa shape index (κ2) is 6.20. The van der Waals surface area contributed by atoms with E-state index in [1.807, 2.05) is 6.33 Å². The molecule has 1 atom stereocenters. The minimum absolute atomic E-state index is 0.436. The van der Waals surface area contributed by atoms with Crippen LogP contribution in [0.15, 0.2) is 6.33 Å². The summed E-state index contributed by atoms with van der Waals surface area (Å²) in [6.45, 7) is 12.3. The van der Waals surface area contributed by atoms with E-state index < -0.39 is 0 Å². The number of aromatic nitrogens is 3. The van der Waals surface area contributed by atoms with Crippen molar-refractivity contribution in [3.8, 4) is 0 Å². The van der Waals surface area contributed by atoms with Crippen LogP contribution in [0.4, 0.5) is 0 Å². The maximum absolute atomic E-state index is 4.28. The second-order valence-corrected chi connectivity index (χ2v) is 6.21. The predicted molar refractivity (Wildman–Crippen MR) is 78.5 cm³/mol. The highest BCUT2D eigenvalue weighted by Crippen LogP contribution is 2.14. The summed E-state index contributed by atoms with van der Waals surface area (Å²) < 4.78 is 2.17. The van der Waals surface area contributed by atoms with Crippen LogP contribution in [0.5, 0.6) is 0 Å². The van der Waals surface area contributed by atoms with E-state index in [1.165, 1.54) is 32.6 Å². The largest absolute Gasteiger partial charge is 0.315 e. The van der Waals surface area contributed by atoms with Crippen molar-refractivity contribution >= 4 is 0 Å². The standard InChI is InChI=1S/C14H26N6/c1-12(2)20-11-16-17-14(20)10-18-5-7-19(8-6-18)13-3-4-15-9-13/h11-13,15H,3-10H2,1-2H3. The first kappa shape index (κ1) is 14.0. The van der Waals surface area contributed by atoms with Crippen molar-refractivity contribution in [1.29, 1.82) is 0 Å². The molecule has 2 aliphatic rings. The van der Waals surface area contributed by atoms with E-state index in [0.29, 0.717) is 6.04 Å². The third kappa shape index (κ3) is 3.02. The van der Waals surface area contributed by atoms with E-state index in [9.17, 15) is 0 Å². The smallest absolute Gasteiger partial charge is 0.147 e. The molecule has 20 heavy (non-hydrogen) atoms. The zero-order valence-electron chi connectivity index (χ0n) is 12.6. The van der Waals surface area contributed by atoms with Gasteiger partial charge in [-0.15, -0.1) is 10.2 Å². The number of nitrogens with zero attached hydrogens (tertiary/aromatic N) is 5.